The number of likely N-dealkylation sites (tertiary alicyclic amines) is 1. The number of nitrogens with zero attached hydrogens (tertiary/aromatic N) is 1. The van der Waals surface area contributed by atoms with Crippen molar-refractivity contribution in [2.75, 3.05) is 19.8 Å². The van der Waals surface area contributed by atoms with Gasteiger partial charge in [-0.15, -0.1) is 35.8 Å². The zero-order chi connectivity index (χ0) is 20.3. The van der Waals surface area contributed by atoms with Crippen LogP contribution < -0.4 is 5.32 Å². The largest absolute Gasteiger partial charge is 0.412 e. The molecule has 9 atom stereocenters. The lowest BCUT2D eigenvalue weighted by molar-refractivity contribution is -0.205. The van der Waals surface area contributed by atoms with Crippen molar-refractivity contribution in [2.45, 2.75) is 80.4 Å². The van der Waals surface area contributed by atoms with E-state index in [0.29, 0.717) is 5.92 Å². The van der Waals surface area contributed by atoms with Gasteiger partial charge in [-0.1, -0.05) is 13.3 Å². The number of amides is 1. The van der Waals surface area contributed by atoms with Gasteiger partial charge in [-0.25, -0.2) is 0 Å². The molecule has 11 heteroatoms. The van der Waals surface area contributed by atoms with E-state index in [1.165, 1.54) is 11.8 Å². The van der Waals surface area contributed by atoms with Crippen LogP contribution in [0.2, 0.25) is 0 Å². The molecule has 0 aromatic carbocycles. The first kappa shape index (κ1) is 29.2. The first-order chi connectivity index (χ1) is 12.7. The Hall–Kier alpha value is 0.160. The zero-order valence-corrected chi connectivity index (χ0v) is 19.7. The molecule has 174 valence electrons. The number of halogens is 2. The third-order valence-electron chi connectivity index (χ3n) is 5.63. The Labute approximate surface area is 188 Å². The van der Waals surface area contributed by atoms with Gasteiger partial charge in [0.2, 0.25) is 5.91 Å². The second-order valence-corrected chi connectivity index (χ2v) is 9.36. The van der Waals surface area contributed by atoms with Gasteiger partial charge in [0.25, 0.3) is 0 Å². The number of aliphatic hydroxyl groups excluding tert-OH is 3. The fourth-order valence-corrected chi connectivity index (χ4v) is 5.00. The maximum atomic E-state index is 12.9. The number of hydrogen-bond donors (Lipinski definition) is 4. The normalized spacial score (nSPS) is 37.2. The van der Waals surface area contributed by atoms with E-state index in [2.05, 4.69) is 12.2 Å². The molecular formula is C18H36Cl2N2O6S. The highest BCUT2D eigenvalue weighted by Crippen LogP contribution is 2.31. The van der Waals surface area contributed by atoms with Crippen molar-refractivity contribution in [3.63, 3.8) is 0 Å². The van der Waals surface area contributed by atoms with Gasteiger partial charge < -0.3 is 30.8 Å². The van der Waals surface area contributed by atoms with Crippen molar-refractivity contribution in [3.05, 3.63) is 0 Å². The molecule has 0 spiro atoms. The summed E-state index contributed by atoms with van der Waals surface area (Å²) in [6.45, 7) is 4.74. The molecule has 8 nitrogen and oxygen atoms in total. The molecule has 6 N–H and O–H groups in total. The summed E-state index contributed by atoms with van der Waals surface area (Å²) in [6.07, 6.45) is -0.0980. The molecule has 0 saturated carbocycles. The number of hydrogen-bond acceptors (Lipinski definition) is 7. The van der Waals surface area contributed by atoms with Gasteiger partial charge in [-0.2, -0.15) is 0 Å². The van der Waals surface area contributed by atoms with Gasteiger partial charge in [-0.3, -0.25) is 9.69 Å². The van der Waals surface area contributed by atoms with Crippen molar-refractivity contribution in [1.29, 1.82) is 0 Å². The fraction of sp³-hybridized carbons (Fsp3) is 0.944. The highest BCUT2D eigenvalue weighted by molar-refractivity contribution is 7.99. The van der Waals surface area contributed by atoms with Crippen LogP contribution in [0.3, 0.4) is 0 Å². The van der Waals surface area contributed by atoms with E-state index < -0.39 is 41.3 Å². The molecule has 2 saturated heterocycles. The summed E-state index contributed by atoms with van der Waals surface area (Å²) >= 11 is 7.55. The van der Waals surface area contributed by atoms with E-state index in [0.717, 1.165) is 25.8 Å². The van der Waals surface area contributed by atoms with E-state index in [9.17, 15) is 20.1 Å². The second kappa shape index (κ2) is 12.9. The molecule has 0 aromatic rings. The van der Waals surface area contributed by atoms with Crippen LogP contribution in [0.15, 0.2) is 0 Å². The SMILES string of the molecule is CCCC1CC(C(=O)N[C@H](C(C)Cl)[C@H]2OC(SC)C(O)[C@@H](O)C2O)N(C)C1.Cl.O. The second-order valence-electron chi connectivity index (χ2n) is 7.73. The van der Waals surface area contributed by atoms with Crippen molar-refractivity contribution >= 4 is 41.7 Å². The topological polar surface area (TPSA) is 134 Å². The Morgan fingerprint density at radius 3 is 2.45 bits per heavy atom. The summed E-state index contributed by atoms with van der Waals surface area (Å²) in [4.78, 5) is 14.9. The zero-order valence-electron chi connectivity index (χ0n) is 17.3. The first-order valence-corrected chi connectivity index (χ1v) is 11.3. The summed E-state index contributed by atoms with van der Waals surface area (Å²) in [6, 6.07) is -0.934. The molecule has 2 fully saturated rings. The van der Waals surface area contributed by atoms with E-state index in [-0.39, 0.29) is 29.8 Å². The molecule has 2 aliphatic rings. The maximum absolute atomic E-state index is 12.9. The van der Waals surface area contributed by atoms with Crippen molar-refractivity contribution in [3.8, 4) is 0 Å². The van der Waals surface area contributed by atoms with Crippen LogP contribution in [-0.4, -0.2) is 98.8 Å². The van der Waals surface area contributed by atoms with Gasteiger partial charge in [0.15, 0.2) is 0 Å². The Morgan fingerprint density at radius 1 is 1.31 bits per heavy atom. The average Bonchev–Trinajstić information content (AvgIpc) is 2.99. The van der Waals surface area contributed by atoms with Crippen LogP contribution in [0.25, 0.3) is 0 Å². The van der Waals surface area contributed by atoms with E-state index >= 15 is 0 Å². The lowest BCUT2D eigenvalue weighted by atomic mass is 9.92. The Balaban J connectivity index is 0.00000392. The molecule has 1 amide bonds. The number of carbonyl (C=O) groups excluding carboxylic acids is 1. The molecule has 0 aromatic heterocycles. The summed E-state index contributed by atoms with van der Waals surface area (Å²) < 4.78 is 5.79. The van der Waals surface area contributed by atoms with Crippen molar-refractivity contribution < 1.29 is 30.3 Å². The lowest BCUT2D eigenvalue weighted by Gasteiger charge is -2.44. The number of carbonyl (C=O) groups is 1. The third kappa shape index (κ3) is 6.82. The molecule has 2 aliphatic heterocycles. The number of thioether (sulfide) groups is 1. The minimum atomic E-state index is -1.36. The molecule has 6 unspecified atom stereocenters. The minimum Gasteiger partial charge on any atom is -0.412 e. The monoisotopic (exact) mass is 478 g/mol. The van der Waals surface area contributed by atoms with Crippen LogP contribution >= 0.6 is 35.8 Å². The minimum absolute atomic E-state index is 0. The predicted octanol–water partition coefficient (Wildman–Crippen LogP) is -0.0134. The molecule has 2 rings (SSSR count). The van der Waals surface area contributed by atoms with E-state index in [4.69, 9.17) is 16.3 Å². The Morgan fingerprint density at radius 2 is 1.93 bits per heavy atom. The number of rotatable bonds is 7. The van der Waals surface area contributed by atoms with E-state index in [1.54, 1.807) is 13.2 Å². The molecule has 29 heavy (non-hydrogen) atoms. The van der Waals surface area contributed by atoms with Crippen LogP contribution in [-0.2, 0) is 9.53 Å². The molecular weight excluding hydrogens is 443 g/mol. The number of ether oxygens (including phenoxy) is 1. The molecule has 0 bridgehead atoms. The van der Waals surface area contributed by atoms with Crippen LogP contribution in [0.5, 0.6) is 0 Å². The Kier molecular flexibility index (Phi) is 13.0. The summed E-state index contributed by atoms with van der Waals surface area (Å²) in [7, 11) is 1.94. The summed E-state index contributed by atoms with van der Waals surface area (Å²) in [5, 5.41) is 33.0. The first-order valence-electron chi connectivity index (χ1n) is 9.58. The average molecular weight is 479 g/mol. The summed E-state index contributed by atoms with van der Waals surface area (Å²) in [5.74, 6) is 0.350. The number of likely N-dealkylation sites (N-methyl/N-ethyl adjacent to an activating group) is 1. The van der Waals surface area contributed by atoms with Gasteiger partial charge in [0, 0.05) is 6.54 Å². The van der Waals surface area contributed by atoms with E-state index in [1.807, 2.05) is 11.9 Å². The van der Waals surface area contributed by atoms with Crippen molar-refractivity contribution in [1.82, 2.24) is 10.2 Å². The van der Waals surface area contributed by atoms with Gasteiger partial charge in [0.1, 0.15) is 29.9 Å². The third-order valence-corrected chi connectivity index (χ3v) is 6.76. The molecule has 0 aliphatic carbocycles. The quantitative estimate of drug-likeness (QED) is 0.378. The summed E-state index contributed by atoms with van der Waals surface area (Å²) in [5.41, 5.74) is -0.702. The number of alkyl halides is 1. The number of nitrogens with one attached hydrogen (secondary N) is 1. The lowest BCUT2D eigenvalue weighted by Crippen LogP contribution is -2.65. The van der Waals surface area contributed by atoms with Crippen LogP contribution in [0, 0.1) is 5.92 Å². The van der Waals surface area contributed by atoms with Crippen molar-refractivity contribution in [2.24, 2.45) is 5.92 Å². The van der Waals surface area contributed by atoms with Gasteiger partial charge in [0.05, 0.1) is 17.5 Å². The van der Waals surface area contributed by atoms with Gasteiger partial charge >= 0.3 is 0 Å². The highest BCUT2D eigenvalue weighted by Gasteiger charge is 2.48. The van der Waals surface area contributed by atoms with Gasteiger partial charge in [-0.05, 0) is 39.0 Å². The van der Waals surface area contributed by atoms with Crippen LogP contribution in [0.1, 0.15) is 33.1 Å². The fourth-order valence-electron chi connectivity index (χ4n) is 4.11. The maximum Gasteiger partial charge on any atom is 0.237 e. The standard InChI is InChI=1S/C18H33ClN2O5S.ClH.H2O/c1-5-6-10-7-11(21(3)8-10)17(25)20-12(9(2)19)16-14(23)13(22)15(24)18(26-16)27-4;;/h9-16,18,22-24H,5-8H2,1-4H3,(H,20,25);1H;1H2/t9?,10?,11?,12-,13+,14?,15?,16-,18?;;/m1../s1. The molecule has 0 radical (unpaired) electrons. The highest BCUT2D eigenvalue weighted by atomic mass is 35.5. The van der Waals surface area contributed by atoms with Crippen LogP contribution in [0.4, 0.5) is 0 Å². The number of aliphatic hydroxyl groups is 3. The predicted molar refractivity (Wildman–Crippen MR) is 118 cm³/mol. The Bertz CT molecular complexity index is 505. The molecule has 2 heterocycles. The smallest absolute Gasteiger partial charge is 0.237 e.